The predicted octanol–water partition coefficient (Wildman–Crippen LogP) is 2.79. The van der Waals surface area contributed by atoms with E-state index >= 15 is 0 Å². The van der Waals surface area contributed by atoms with Crippen LogP contribution in [0.15, 0.2) is 10.7 Å². The number of carbonyl (C=O) groups is 1. The number of ether oxygens (including phenoxy) is 1. The summed E-state index contributed by atoms with van der Waals surface area (Å²) in [6.45, 7) is 6.23. The highest BCUT2D eigenvalue weighted by molar-refractivity contribution is 9.10. The Hall–Kier alpha value is -0.840. The Bertz CT molecular complexity index is 349. The molecule has 1 aromatic rings. The summed E-state index contributed by atoms with van der Waals surface area (Å²) in [5.74, 6) is -0.331. The molecule has 84 valence electrons. The van der Waals surface area contributed by atoms with Crippen molar-refractivity contribution in [3.63, 3.8) is 0 Å². The fourth-order valence-electron chi connectivity index (χ4n) is 1.24. The average Bonchev–Trinajstić information content (AvgIpc) is 2.59. The van der Waals surface area contributed by atoms with Gasteiger partial charge in [0.2, 0.25) is 0 Å². The van der Waals surface area contributed by atoms with Crippen molar-refractivity contribution in [2.24, 2.45) is 0 Å². The lowest BCUT2D eigenvalue weighted by Gasteiger charge is -2.12. The molecule has 0 spiro atoms. The topological polar surface area (TPSA) is 44.1 Å². The van der Waals surface area contributed by atoms with Crippen LogP contribution in [0.25, 0.3) is 0 Å². The highest BCUT2D eigenvalue weighted by Crippen LogP contribution is 2.21. The zero-order valence-electron chi connectivity index (χ0n) is 9.16. The van der Waals surface area contributed by atoms with Gasteiger partial charge in [0.05, 0.1) is 17.3 Å². The van der Waals surface area contributed by atoms with Gasteiger partial charge in [-0.3, -0.25) is 4.68 Å². The largest absolute Gasteiger partial charge is 0.461 e. The van der Waals surface area contributed by atoms with Crippen molar-refractivity contribution in [2.45, 2.75) is 33.2 Å². The molecule has 0 bridgehead atoms. The van der Waals surface area contributed by atoms with Gasteiger partial charge in [-0.1, -0.05) is 6.92 Å². The van der Waals surface area contributed by atoms with Gasteiger partial charge in [0, 0.05) is 6.04 Å². The summed E-state index contributed by atoms with van der Waals surface area (Å²) in [6, 6.07) is 0.190. The van der Waals surface area contributed by atoms with Crippen LogP contribution < -0.4 is 0 Å². The molecule has 0 aliphatic rings. The zero-order valence-corrected chi connectivity index (χ0v) is 10.7. The van der Waals surface area contributed by atoms with Crippen molar-refractivity contribution >= 4 is 21.9 Å². The van der Waals surface area contributed by atoms with Crippen molar-refractivity contribution in [3.05, 3.63) is 16.4 Å². The van der Waals surface area contributed by atoms with Crippen LogP contribution in [0.3, 0.4) is 0 Å². The van der Waals surface area contributed by atoms with Crippen LogP contribution >= 0.6 is 15.9 Å². The molecule has 0 aliphatic carbocycles. The van der Waals surface area contributed by atoms with E-state index in [0.29, 0.717) is 16.8 Å². The number of carbonyl (C=O) groups excluding carboxylic acids is 1. The second-order valence-electron chi connectivity index (χ2n) is 3.26. The number of rotatable bonds is 4. The lowest BCUT2D eigenvalue weighted by Crippen LogP contribution is -2.16. The van der Waals surface area contributed by atoms with E-state index in [9.17, 15) is 4.79 Å². The molecule has 1 atom stereocenters. The summed E-state index contributed by atoms with van der Waals surface area (Å²) >= 11 is 3.30. The molecule has 0 saturated carbocycles. The third-order valence-electron chi connectivity index (χ3n) is 2.23. The third kappa shape index (κ3) is 2.59. The van der Waals surface area contributed by atoms with Gasteiger partial charge in [0.15, 0.2) is 5.69 Å². The van der Waals surface area contributed by atoms with Gasteiger partial charge in [-0.2, -0.15) is 5.10 Å². The summed E-state index contributed by atoms with van der Waals surface area (Å²) < 4.78 is 7.35. The number of halogens is 1. The van der Waals surface area contributed by atoms with Crippen LogP contribution in [0.4, 0.5) is 0 Å². The van der Waals surface area contributed by atoms with Gasteiger partial charge in [-0.05, 0) is 36.2 Å². The number of hydrogen-bond donors (Lipinski definition) is 0. The van der Waals surface area contributed by atoms with Gasteiger partial charge < -0.3 is 4.74 Å². The van der Waals surface area contributed by atoms with Gasteiger partial charge in [0.25, 0.3) is 0 Å². The summed E-state index contributed by atoms with van der Waals surface area (Å²) in [6.07, 6.45) is 2.54. The second kappa shape index (κ2) is 5.30. The van der Waals surface area contributed by atoms with E-state index in [1.54, 1.807) is 17.8 Å². The lowest BCUT2D eigenvalue weighted by atomic mass is 10.2. The standard InChI is InChI=1S/C10H15BrN2O2/c1-4-7(3)13-9(8(11)6-12-13)10(14)15-5-2/h6-7H,4-5H2,1-3H3. The first-order chi connectivity index (χ1) is 7.11. The zero-order chi connectivity index (χ0) is 11.4. The summed E-state index contributed by atoms with van der Waals surface area (Å²) in [7, 11) is 0. The molecule has 5 heteroatoms. The Morgan fingerprint density at radius 1 is 1.67 bits per heavy atom. The molecule has 1 unspecified atom stereocenters. The van der Waals surface area contributed by atoms with Crippen LogP contribution in [-0.2, 0) is 4.74 Å². The monoisotopic (exact) mass is 274 g/mol. The van der Waals surface area contributed by atoms with E-state index in [0.717, 1.165) is 6.42 Å². The fraction of sp³-hybridized carbons (Fsp3) is 0.600. The van der Waals surface area contributed by atoms with E-state index in [1.807, 2.05) is 6.92 Å². The lowest BCUT2D eigenvalue weighted by molar-refractivity contribution is 0.0508. The van der Waals surface area contributed by atoms with Gasteiger partial charge in [-0.15, -0.1) is 0 Å². The summed E-state index contributed by atoms with van der Waals surface area (Å²) in [5, 5.41) is 4.16. The normalized spacial score (nSPS) is 12.5. The van der Waals surface area contributed by atoms with Crippen molar-refractivity contribution in [3.8, 4) is 0 Å². The predicted molar refractivity (Wildman–Crippen MR) is 60.9 cm³/mol. The number of hydrogen-bond acceptors (Lipinski definition) is 3. The first-order valence-electron chi connectivity index (χ1n) is 5.01. The number of aromatic nitrogens is 2. The van der Waals surface area contributed by atoms with Crippen molar-refractivity contribution < 1.29 is 9.53 Å². The molecule has 0 radical (unpaired) electrons. The fourth-order valence-corrected chi connectivity index (χ4v) is 1.67. The second-order valence-corrected chi connectivity index (χ2v) is 4.12. The molecule has 1 heterocycles. The van der Waals surface area contributed by atoms with Crippen LogP contribution in [0.1, 0.15) is 43.7 Å². The minimum absolute atomic E-state index is 0.190. The maximum atomic E-state index is 11.7. The van der Waals surface area contributed by atoms with Crippen molar-refractivity contribution in [1.29, 1.82) is 0 Å². The first-order valence-corrected chi connectivity index (χ1v) is 5.81. The van der Waals surface area contributed by atoms with E-state index < -0.39 is 0 Å². The number of nitrogens with zero attached hydrogens (tertiary/aromatic N) is 2. The van der Waals surface area contributed by atoms with E-state index in [2.05, 4.69) is 28.0 Å². The Balaban J connectivity index is 3.03. The van der Waals surface area contributed by atoms with E-state index in [1.165, 1.54) is 0 Å². The van der Waals surface area contributed by atoms with Crippen molar-refractivity contribution in [1.82, 2.24) is 9.78 Å². The molecule has 0 fully saturated rings. The highest BCUT2D eigenvalue weighted by Gasteiger charge is 2.20. The molecular formula is C10H15BrN2O2. The van der Waals surface area contributed by atoms with Crippen LogP contribution in [-0.4, -0.2) is 22.4 Å². The van der Waals surface area contributed by atoms with Crippen molar-refractivity contribution in [2.75, 3.05) is 6.61 Å². The Labute approximate surface area is 97.7 Å². The van der Waals surface area contributed by atoms with E-state index in [4.69, 9.17) is 4.74 Å². The first kappa shape index (κ1) is 12.2. The molecule has 0 aliphatic heterocycles. The Kier molecular flexibility index (Phi) is 4.32. The third-order valence-corrected chi connectivity index (χ3v) is 2.81. The summed E-state index contributed by atoms with van der Waals surface area (Å²) in [5.41, 5.74) is 0.492. The SMILES string of the molecule is CCOC(=O)c1c(Br)cnn1C(C)CC. The molecule has 1 aromatic heterocycles. The van der Waals surface area contributed by atoms with Gasteiger partial charge in [-0.25, -0.2) is 4.79 Å². The molecule has 15 heavy (non-hydrogen) atoms. The smallest absolute Gasteiger partial charge is 0.357 e. The number of esters is 1. The summed E-state index contributed by atoms with van der Waals surface area (Å²) in [4.78, 5) is 11.7. The molecule has 0 saturated heterocycles. The average molecular weight is 275 g/mol. The molecule has 1 rings (SSSR count). The van der Waals surface area contributed by atoms with E-state index in [-0.39, 0.29) is 12.0 Å². The molecule has 0 N–H and O–H groups in total. The van der Waals surface area contributed by atoms with Gasteiger partial charge >= 0.3 is 5.97 Å². The Morgan fingerprint density at radius 2 is 2.33 bits per heavy atom. The molecular weight excluding hydrogens is 260 g/mol. The highest BCUT2D eigenvalue weighted by atomic mass is 79.9. The Morgan fingerprint density at radius 3 is 2.87 bits per heavy atom. The quantitative estimate of drug-likeness (QED) is 0.794. The maximum Gasteiger partial charge on any atom is 0.357 e. The minimum Gasteiger partial charge on any atom is -0.461 e. The van der Waals surface area contributed by atoms with Crippen LogP contribution in [0.5, 0.6) is 0 Å². The van der Waals surface area contributed by atoms with Crippen LogP contribution in [0.2, 0.25) is 0 Å². The minimum atomic E-state index is -0.331. The molecule has 0 amide bonds. The van der Waals surface area contributed by atoms with Crippen LogP contribution in [0, 0.1) is 0 Å². The maximum absolute atomic E-state index is 11.7. The van der Waals surface area contributed by atoms with Gasteiger partial charge in [0.1, 0.15) is 0 Å². The molecule has 4 nitrogen and oxygen atoms in total. The molecule has 0 aromatic carbocycles.